The molecule has 0 saturated carbocycles. The number of carbonyl (C=O) groups is 1. The van der Waals surface area contributed by atoms with Crippen molar-refractivity contribution in [3.8, 4) is 0 Å². The molecule has 1 unspecified atom stereocenters. The van der Waals surface area contributed by atoms with Crippen LogP contribution < -0.4 is 0 Å². The summed E-state index contributed by atoms with van der Waals surface area (Å²) in [6.07, 6.45) is 4.75. The van der Waals surface area contributed by atoms with Crippen LogP contribution in [0, 0.1) is 0 Å². The van der Waals surface area contributed by atoms with Crippen LogP contribution in [0.15, 0.2) is 18.2 Å². The van der Waals surface area contributed by atoms with Crippen molar-refractivity contribution >= 4 is 16.9 Å². The molecule has 0 bridgehead atoms. The van der Waals surface area contributed by atoms with Gasteiger partial charge in [-0.1, -0.05) is 13.8 Å². The van der Waals surface area contributed by atoms with Crippen molar-refractivity contribution in [1.82, 2.24) is 4.57 Å². The van der Waals surface area contributed by atoms with E-state index in [0.717, 1.165) is 19.4 Å². The lowest BCUT2D eigenvalue weighted by atomic mass is 9.87. The van der Waals surface area contributed by atoms with Gasteiger partial charge in [-0.25, -0.2) is 4.79 Å². The molecule has 2 aromatic rings. The number of hydrogen-bond donors (Lipinski definition) is 0. The fraction of sp³-hybridized carbons (Fsp3) is 0.500. The Bertz CT molecular complexity index is 684. The summed E-state index contributed by atoms with van der Waals surface area (Å²) in [6, 6.07) is 5.99. The zero-order chi connectivity index (χ0) is 15.0. The van der Waals surface area contributed by atoms with Gasteiger partial charge in [0.15, 0.2) is 0 Å². The second kappa shape index (κ2) is 5.55. The molecule has 0 amide bonds. The molecule has 0 spiro atoms. The van der Waals surface area contributed by atoms with Gasteiger partial charge in [0.2, 0.25) is 0 Å². The van der Waals surface area contributed by atoms with Crippen LogP contribution in [0.25, 0.3) is 10.9 Å². The van der Waals surface area contributed by atoms with Crippen molar-refractivity contribution in [1.29, 1.82) is 0 Å². The standard InChI is InChI=1S/C18H23NO2/c1-4-10-19-16-9-8-13(18(20)21-3)11-15(16)14-7-5-6-12(2)17(14)19/h8-9,11-12H,4-7,10H2,1-3H3. The van der Waals surface area contributed by atoms with Crippen LogP contribution in [0.2, 0.25) is 0 Å². The molecule has 3 rings (SSSR count). The van der Waals surface area contributed by atoms with Crippen LogP contribution in [0.4, 0.5) is 0 Å². The maximum Gasteiger partial charge on any atom is 0.337 e. The van der Waals surface area contributed by atoms with Crippen LogP contribution >= 0.6 is 0 Å². The maximum atomic E-state index is 11.8. The molecule has 0 aliphatic heterocycles. The van der Waals surface area contributed by atoms with E-state index in [1.54, 1.807) is 0 Å². The van der Waals surface area contributed by atoms with E-state index in [9.17, 15) is 4.79 Å². The number of esters is 1. The van der Waals surface area contributed by atoms with Crippen molar-refractivity contribution in [3.63, 3.8) is 0 Å². The molecule has 1 atom stereocenters. The van der Waals surface area contributed by atoms with E-state index in [4.69, 9.17) is 4.74 Å². The molecule has 21 heavy (non-hydrogen) atoms. The van der Waals surface area contributed by atoms with Crippen molar-refractivity contribution in [2.75, 3.05) is 7.11 Å². The van der Waals surface area contributed by atoms with Gasteiger partial charge in [0.1, 0.15) is 0 Å². The van der Waals surface area contributed by atoms with Crippen LogP contribution in [0.3, 0.4) is 0 Å². The number of methoxy groups -OCH3 is 1. The predicted octanol–water partition coefficient (Wildman–Crippen LogP) is 4.28. The lowest BCUT2D eigenvalue weighted by molar-refractivity contribution is 0.0601. The Hall–Kier alpha value is -1.77. The van der Waals surface area contributed by atoms with Crippen molar-refractivity contribution in [2.45, 2.75) is 52.0 Å². The van der Waals surface area contributed by atoms with Gasteiger partial charge in [0.05, 0.1) is 12.7 Å². The van der Waals surface area contributed by atoms with Gasteiger partial charge in [-0.05, 0) is 55.4 Å². The number of nitrogens with zero attached hydrogens (tertiary/aromatic N) is 1. The molecular weight excluding hydrogens is 262 g/mol. The molecule has 0 fully saturated rings. The van der Waals surface area contributed by atoms with Crippen molar-refractivity contribution < 1.29 is 9.53 Å². The van der Waals surface area contributed by atoms with Crippen LogP contribution in [0.5, 0.6) is 0 Å². The fourth-order valence-corrected chi connectivity index (χ4v) is 3.70. The van der Waals surface area contributed by atoms with E-state index < -0.39 is 0 Å². The Morgan fingerprint density at radius 1 is 1.43 bits per heavy atom. The number of carbonyl (C=O) groups excluding carboxylic acids is 1. The maximum absolute atomic E-state index is 11.8. The number of aryl methyl sites for hydroxylation is 2. The first-order valence-corrected chi connectivity index (χ1v) is 7.90. The quantitative estimate of drug-likeness (QED) is 0.788. The summed E-state index contributed by atoms with van der Waals surface area (Å²) in [7, 11) is 1.44. The zero-order valence-corrected chi connectivity index (χ0v) is 13.1. The lowest BCUT2D eigenvalue weighted by Crippen LogP contribution is -2.11. The first kappa shape index (κ1) is 14.2. The van der Waals surface area contributed by atoms with Gasteiger partial charge in [0.25, 0.3) is 0 Å². The average molecular weight is 285 g/mol. The number of hydrogen-bond acceptors (Lipinski definition) is 2. The summed E-state index contributed by atoms with van der Waals surface area (Å²) in [4.78, 5) is 11.8. The third-order valence-electron chi connectivity index (χ3n) is 4.61. The highest BCUT2D eigenvalue weighted by molar-refractivity contribution is 5.96. The summed E-state index contributed by atoms with van der Waals surface area (Å²) in [6.45, 7) is 5.59. The summed E-state index contributed by atoms with van der Waals surface area (Å²) in [5, 5.41) is 1.24. The van der Waals surface area contributed by atoms with Gasteiger partial charge < -0.3 is 9.30 Å². The predicted molar refractivity (Wildman–Crippen MR) is 84.9 cm³/mol. The second-order valence-electron chi connectivity index (χ2n) is 6.03. The monoisotopic (exact) mass is 285 g/mol. The minimum absolute atomic E-state index is 0.252. The SMILES string of the molecule is CCCn1c2c(c3cc(C(=O)OC)ccc31)CCCC2C. The summed E-state index contributed by atoms with van der Waals surface area (Å²) in [5.41, 5.74) is 4.85. The summed E-state index contributed by atoms with van der Waals surface area (Å²) in [5.74, 6) is 0.354. The smallest absolute Gasteiger partial charge is 0.337 e. The van der Waals surface area contributed by atoms with E-state index in [1.165, 1.54) is 42.1 Å². The Kier molecular flexibility index (Phi) is 3.75. The topological polar surface area (TPSA) is 31.2 Å². The number of benzene rings is 1. The minimum Gasteiger partial charge on any atom is -0.465 e. The molecule has 3 nitrogen and oxygen atoms in total. The highest BCUT2D eigenvalue weighted by Crippen LogP contribution is 2.38. The molecule has 0 saturated heterocycles. The molecule has 1 aliphatic carbocycles. The van der Waals surface area contributed by atoms with Crippen LogP contribution in [0.1, 0.15) is 60.6 Å². The van der Waals surface area contributed by atoms with E-state index in [-0.39, 0.29) is 5.97 Å². The molecule has 3 heteroatoms. The molecule has 112 valence electrons. The van der Waals surface area contributed by atoms with E-state index in [1.807, 2.05) is 12.1 Å². The van der Waals surface area contributed by atoms with E-state index >= 15 is 0 Å². The number of ether oxygens (including phenoxy) is 1. The Labute approximate surface area is 125 Å². The highest BCUT2D eigenvalue weighted by Gasteiger charge is 2.25. The van der Waals surface area contributed by atoms with E-state index in [0.29, 0.717) is 11.5 Å². The van der Waals surface area contributed by atoms with Gasteiger partial charge >= 0.3 is 5.97 Å². The van der Waals surface area contributed by atoms with E-state index in [2.05, 4.69) is 24.5 Å². The Morgan fingerprint density at radius 2 is 2.24 bits per heavy atom. The molecule has 1 aromatic carbocycles. The minimum atomic E-state index is -0.252. The van der Waals surface area contributed by atoms with Gasteiger partial charge in [-0.3, -0.25) is 0 Å². The van der Waals surface area contributed by atoms with Crippen LogP contribution in [-0.4, -0.2) is 17.6 Å². The van der Waals surface area contributed by atoms with Gasteiger partial charge in [0, 0.05) is 23.1 Å². The number of fused-ring (bicyclic) bond motifs is 3. The second-order valence-corrected chi connectivity index (χ2v) is 6.03. The third kappa shape index (κ3) is 2.25. The number of aromatic nitrogens is 1. The Balaban J connectivity index is 2.25. The summed E-state index contributed by atoms with van der Waals surface area (Å²) < 4.78 is 7.33. The average Bonchev–Trinajstić information content (AvgIpc) is 2.82. The molecular formula is C18H23NO2. The van der Waals surface area contributed by atoms with Crippen molar-refractivity contribution in [2.24, 2.45) is 0 Å². The Morgan fingerprint density at radius 3 is 2.95 bits per heavy atom. The summed E-state index contributed by atoms with van der Waals surface area (Å²) >= 11 is 0. The molecule has 1 heterocycles. The molecule has 0 radical (unpaired) electrons. The first-order chi connectivity index (χ1) is 10.2. The van der Waals surface area contributed by atoms with Gasteiger partial charge in [-0.15, -0.1) is 0 Å². The lowest BCUT2D eigenvalue weighted by Gasteiger charge is -2.22. The van der Waals surface area contributed by atoms with Crippen LogP contribution in [-0.2, 0) is 17.7 Å². The first-order valence-electron chi connectivity index (χ1n) is 7.90. The normalized spacial score (nSPS) is 17.8. The number of rotatable bonds is 3. The fourth-order valence-electron chi connectivity index (χ4n) is 3.70. The molecule has 1 aromatic heterocycles. The zero-order valence-electron chi connectivity index (χ0n) is 13.1. The highest BCUT2D eigenvalue weighted by atomic mass is 16.5. The van der Waals surface area contributed by atoms with Crippen molar-refractivity contribution in [3.05, 3.63) is 35.0 Å². The largest absolute Gasteiger partial charge is 0.465 e. The molecule has 1 aliphatic rings. The third-order valence-corrected chi connectivity index (χ3v) is 4.61. The van der Waals surface area contributed by atoms with Gasteiger partial charge in [-0.2, -0.15) is 0 Å². The molecule has 0 N–H and O–H groups in total.